The zero-order chi connectivity index (χ0) is 8.81. The van der Waals surface area contributed by atoms with Crippen LogP contribution >= 0.6 is 0 Å². The predicted molar refractivity (Wildman–Crippen MR) is 46.3 cm³/mol. The number of nitrogens with zero attached hydrogens (tertiary/aromatic N) is 2. The van der Waals surface area contributed by atoms with E-state index in [4.69, 9.17) is 11.7 Å². The van der Waals surface area contributed by atoms with E-state index in [9.17, 15) is 0 Å². The van der Waals surface area contributed by atoms with Crippen LogP contribution in [0, 0.1) is 23.7 Å². The Hall–Kier alpha value is -2.00. The summed E-state index contributed by atoms with van der Waals surface area (Å²) in [5.41, 5.74) is 0.507. The highest BCUT2D eigenvalue weighted by Gasteiger charge is 1.98. The fourth-order valence-corrected chi connectivity index (χ4v) is 0.771. The molecule has 1 N–H and O–H groups in total. The number of hydrogen-bond donors (Lipinski definition) is 1. The average molecular weight is 157 g/mol. The third-order valence-corrected chi connectivity index (χ3v) is 1.29. The van der Waals surface area contributed by atoms with E-state index in [1.54, 1.807) is 18.3 Å². The first kappa shape index (κ1) is 8.10. The summed E-state index contributed by atoms with van der Waals surface area (Å²) in [6.45, 7) is 0.381. The molecule has 0 atom stereocenters. The molecule has 58 valence electrons. The summed E-state index contributed by atoms with van der Waals surface area (Å²) in [5.74, 6) is 2.95. The van der Waals surface area contributed by atoms with Gasteiger partial charge in [0.2, 0.25) is 0 Å². The summed E-state index contributed by atoms with van der Waals surface area (Å²) >= 11 is 0. The fraction of sp³-hybridized carbons (Fsp3) is 0.111. The van der Waals surface area contributed by atoms with Gasteiger partial charge < -0.3 is 5.32 Å². The van der Waals surface area contributed by atoms with Crippen LogP contribution in [0.2, 0.25) is 0 Å². The van der Waals surface area contributed by atoms with Gasteiger partial charge in [0.15, 0.2) is 0 Å². The van der Waals surface area contributed by atoms with E-state index in [2.05, 4.69) is 16.2 Å². The molecule has 0 fully saturated rings. The molecule has 0 aliphatic rings. The van der Waals surface area contributed by atoms with Gasteiger partial charge in [0, 0.05) is 6.20 Å². The van der Waals surface area contributed by atoms with E-state index >= 15 is 0 Å². The number of rotatable bonds is 2. The molecular formula is C9H7N3. The van der Waals surface area contributed by atoms with Gasteiger partial charge in [0.25, 0.3) is 0 Å². The molecule has 3 nitrogen and oxygen atoms in total. The summed E-state index contributed by atoms with van der Waals surface area (Å²) in [4.78, 5) is 3.96. The minimum Gasteiger partial charge on any atom is -0.358 e. The Morgan fingerprint density at radius 1 is 1.67 bits per heavy atom. The topological polar surface area (TPSA) is 48.7 Å². The minimum atomic E-state index is 0.381. The Balaban J connectivity index is 2.86. The molecule has 0 spiro atoms. The molecule has 1 rings (SSSR count). The molecule has 12 heavy (non-hydrogen) atoms. The zero-order valence-corrected chi connectivity index (χ0v) is 6.41. The molecule has 1 heterocycles. The maximum absolute atomic E-state index is 8.64. The van der Waals surface area contributed by atoms with E-state index in [-0.39, 0.29) is 0 Å². The Morgan fingerprint density at radius 3 is 3.17 bits per heavy atom. The van der Waals surface area contributed by atoms with Crippen LogP contribution in [0.3, 0.4) is 0 Å². The van der Waals surface area contributed by atoms with Crippen LogP contribution in [0.15, 0.2) is 18.3 Å². The van der Waals surface area contributed by atoms with Crippen LogP contribution in [0.5, 0.6) is 0 Å². The first-order valence-corrected chi connectivity index (χ1v) is 3.41. The first-order chi connectivity index (χ1) is 5.88. The van der Waals surface area contributed by atoms with Crippen LogP contribution < -0.4 is 5.32 Å². The molecule has 0 aliphatic carbocycles. The molecular weight excluding hydrogens is 150 g/mol. The van der Waals surface area contributed by atoms with Crippen molar-refractivity contribution < 1.29 is 0 Å². The van der Waals surface area contributed by atoms with Crippen molar-refractivity contribution in [2.45, 2.75) is 0 Å². The fourth-order valence-electron chi connectivity index (χ4n) is 0.771. The number of nitriles is 1. The summed E-state index contributed by atoms with van der Waals surface area (Å²) in [7, 11) is 0. The molecule has 3 heteroatoms. The van der Waals surface area contributed by atoms with Gasteiger partial charge in [-0.25, -0.2) is 4.98 Å². The Morgan fingerprint density at radius 2 is 2.50 bits per heavy atom. The molecule has 0 saturated carbocycles. The van der Waals surface area contributed by atoms with Crippen molar-refractivity contribution in [3.05, 3.63) is 23.9 Å². The third kappa shape index (κ3) is 1.74. The lowest BCUT2D eigenvalue weighted by Crippen LogP contribution is -2.02. The number of nitrogens with one attached hydrogen (secondary N) is 1. The summed E-state index contributed by atoms with van der Waals surface area (Å²) in [6.07, 6.45) is 6.66. The van der Waals surface area contributed by atoms with Crippen LogP contribution in [0.25, 0.3) is 0 Å². The zero-order valence-electron chi connectivity index (χ0n) is 6.41. The standard InChI is InChI=1S/C9H7N3/c1-2-5-11-9-8(7-10)4-3-6-12-9/h1,3-4,6H,5H2,(H,11,12). The number of aromatic nitrogens is 1. The molecule has 0 bridgehead atoms. The average Bonchev–Trinajstić information content (AvgIpc) is 2.15. The molecule has 1 aromatic heterocycles. The Kier molecular flexibility index (Phi) is 2.70. The van der Waals surface area contributed by atoms with E-state index < -0.39 is 0 Å². The number of terminal acetylenes is 1. The van der Waals surface area contributed by atoms with Gasteiger partial charge in [-0.3, -0.25) is 0 Å². The van der Waals surface area contributed by atoms with Crippen molar-refractivity contribution >= 4 is 5.82 Å². The Labute approximate surface area is 71.1 Å². The second-order valence-electron chi connectivity index (χ2n) is 2.07. The molecule has 0 aliphatic heterocycles. The molecule has 0 amide bonds. The highest BCUT2D eigenvalue weighted by molar-refractivity contribution is 5.51. The second-order valence-corrected chi connectivity index (χ2v) is 2.07. The van der Waals surface area contributed by atoms with E-state index in [1.165, 1.54) is 0 Å². The van der Waals surface area contributed by atoms with E-state index in [0.29, 0.717) is 17.9 Å². The van der Waals surface area contributed by atoms with Crippen molar-refractivity contribution in [1.82, 2.24) is 4.98 Å². The lowest BCUT2D eigenvalue weighted by atomic mass is 10.3. The molecule has 0 aromatic carbocycles. The number of pyridine rings is 1. The van der Waals surface area contributed by atoms with Crippen LogP contribution in [0.4, 0.5) is 5.82 Å². The van der Waals surface area contributed by atoms with Gasteiger partial charge in [-0.1, -0.05) is 5.92 Å². The molecule has 0 saturated heterocycles. The van der Waals surface area contributed by atoms with Gasteiger partial charge in [0.05, 0.1) is 12.1 Å². The third-order valence-electron chi connectivity index (χ3n) is 1.29. The highest BCUT2D eigenvalue weighted by atomic mass is 15.0. The number of anilines is 1. The smallest absolute Gasteiger partial charge is 0.144 e. The minimum absolute atomic E-state index is 0.381. The van der Waals surface area contributed by atoms with Crippen molar-refractivity contribution in [3.63, 3.8) is 0 Å². The normalized spacial score (nSPS) is 8.17. The summed E-state index contributed by atoms with van der Waals surface area (Å²) in [6, 6.07) is 5.41. The van der Waals surface area contributed by atoms with Crippen molar-refractivity contribution in [1.29, 1.82) is 5.26 Å². The summed E-state index contributed by atoms with van der Waals surface area (Å²) < 4.78 is 0. The second kappa shape index (κ2) is 4.00. The maximum Gasteiger partial charge on any atom is 0.144 e. The van der Waals surface area contributed by atoms with Crippen LogP contribution in [0.1, 0.15) is 5.56 Å². The van der Waals surface area contributed by atoms with E-state index in [0.717, 1.165) is 0 Å². The molecule has 1 aromatic rings. The highest BCUT2D eigenvalue weighted by Crippen LogP contribution is 2.08. The maximum atomic E-state index is 8.64. The predicted octanol–water partition coefficient (Wildman–Crippen LogP) is 0.998. The SMILES string of the molecule is C#CCNc1ncccc1C#N. The van der Waals surface area contributed by atoms with Crippen molar-refractivity contribution in [2.24, 2.45) is 0 Å². The molecule has 0 unspecified atom stereocenters. The summed E-state index contributed by atoms with van der Waals surface area (Å²) in [5, 5.41) is 11.5. The van der Waals surface area contributed by atoms with Gasteiger partial charge in [-0.15, -0.1) is 6.42 Å². The molecule has 0 radical (unpaired) electrons. The van der Waals surface area contributed by atoms with Gasteiger partial charge >= 0.3 is 0 Å². The van der Waals surface area contributed by atoms with E-state index in [1.807, 2.05) is 6.07 Å². The van der Waals surface area contributed by atoms with Gasteiger partial charge in [-0.2, -0.15) is 5.26 Å². The monoisotopic (exact) mass is 157 g/mol. The van der Waals surface area contributed by atoms with Gasteiger partial charge in [0.1, 0.15) is 11.9 Å². The Bertz CT molecular complexity index is 344. The number of hydrogen-bond acceptors (Lipinski definition) is 3. The lowest BCUT2D eigenvalue weighted by Gasteiger charge is -2.01. The van der Waals surface area contributed by atoms with Crippen LogP contribution in [-0.4, -0.2) is 11.5 Å². The first-order valence-electron chi connectivity index (χ1n) is 3.41. The van der Waals surface area contributed by atoms with Crippen molar-refractivity contribution in [3.8, 4) is 18.4 Å². The quantitative estimate of drug-likeness (QED) is 0.651. The van der Waals surface area contributed by atoms with Gasteiger partial charge in [-0.05, 0) is 12.1 Å². The largest absolute Gasteiger partial charge is 0.358 e. The lowest BCUT2D eigenvalue weighted by molar-refractivity contribution is 1.23. The van der Waals surface area contributed by atoms with Crippen molar-refractivity contribution in [2.75, 3.05) is 11.9 Å². The van der Waals surface area contributed by atoms with Crippen LogP contribution in [-0.2, 0) is 0 Å².